The Kier molecular flexibility index (Phi) is 3.89. The average molecular weight is 289 g/mol. The van der Waals surface area contributed by atoms with Crippen LogP contribution in [0.15, 0.2) is 24.3 Å². The molecule has 1 fully saturated rings. The number of fused-ring (bicyclic) bond motifs is 2. The first-order valence-corrected chi connectivity index (χ1v) is 7.82. The van der Waals surface area contributed by atoms with Gasteiger partial charge >= 0.3 is 6.09 Å². The van der Waals surface area contributed by atoms with Gasteiger partial charge in [0.25, 0.3) is 0 Å². The third-order valence-corrected chi connectivity index (χ3v) is 5.08. The lowest BCUT2D eigenvalue weighted by atomic mass is 9.73. The van der Waals surface area contributed by atoms with Crippen LogP contribution in [0.5, 0.6) is 0 Å². The Morgan fingerprint density at radius 1 is 1.38 bits per heavy atom. The van der Waals surface area contributed by atoms with Crippen molar-refractivity contribution in [2.75, 3.05) is 26.3 Å². The molecule has 1 heterocycles. The molecule has 0 aromatic heterocycles. The van der Waals surface area contributed by atoms with Crippen molar-refractivity contribution in [1.82, 2.24) is 4.90 Å². The van der Waals surface area contributed by atoms with E-state index in [1.54, 1.807) is 0 Å². The van der Waals surface area contributed by atoms with E-state index in [2.05, 4.69) is 18.2 Å². The molecule has 21 heavy (non-hydrogen) atoms. The maximum Gasteiger partial charge on any atom is 0.409 e. The van der Waals surface area contributed by atoms with Crippen molar-refractivity contribution in [1.29, 1.82) is 0 Å². The SMILES string of the molecule is CCOC(=O)N1CCC2(CC1)C[C@@H](CO)c1ccccc12. The van der Waals surface area contributed by atoms with Gasteiger partial charge in [0, 0.05) is 25.6 Å². The Balaban J connectivity index is 1.78. The topological polar surface area (TPSA) is 49.8 Å². The minimum atomic E-state index is -0.197. The molecule has 114 valence electrons. The van der Waals surface area contributed by atoms with E-state index in [-0.39, 0.29) is 24.0 Å². The van der Waals surface area contributed by atoms with Gasteiger partial charge in [-0.25, -0.2) is 4.79 Å². The zero-order valence-electron chi connectivity index (χ0n) is 12.5. The highest BCUT2D eigenvalue weighted by Crippen LogP contribution is 2.51. The number of amides is 1. The normalized spacial score (nSPS) is 23.1. The maximum atomic E-state index is 11.8. The van der Waals surface area contributed by atoms with E-state index in [1.807, 2.05) is 17.9 Å². The van der Waals surface area contributed by atoms with E-state index in [1.165, 1.54) is 11.1 Å². The van der Waals surface area contributed by atoms with Gasteiger partial charge in [-0.05, 0) is 42.7 Å². The van der Waals surface area contributed by atoms with E-state index in [9.17, 15) is 9.90 Å². The van der Waals surface area contributed by atoms with Crippen molar-refractivity contribution < 1.29 is 14.6 Å². The predicted molar refractivity (Wildman–Crippen MR) is 80.4 cm³/mol. The summed E-state index contributed by atoms with van der Waals surface area (Å²) in [6.07, 6.45) is 2.72. The predicted octanol–water partition coefficient (Wildman–Crippen LogP) is 2.66. The van der Waals surface area contributed by atoms with Gasteiger partial charge in [0.1, 0.15) is 0 Å². The van der Waals surface area contributed by atoms with Crippen LogP contribution in [0.3, 0.4) is 0 Å². The number of carbonyl (C=O) groups excluding carboxylic acids is 1. The molecular formula is C17H23NO3. The molecule has 0 bridgehead atoms. The lowest BCUT2D eigenvalue weighted by molar-refractivity contribution is 0.0844. The van der Waals surface area contributed by atoms with Crippen LogP contribution in [0.1, 0.15) is 43.2 Å². The Morgan fingerprint density at radius 3 is 2.76 bits per heavy atom. The van der Waals surface area contributed by atoms with E-state index >= 15 is 0 Å². The van der Waals surface area contributed by atoms with Crippen molar-refractivity contribution in [2.45, 2.75) is 37.5 Å². The van der Waals surface area contributed by atoms with Crippen LogP contribution in [-0.4, -0.2) is 42.4 Å². The van der Waals surface area contributed by atoms with Crippen LogP contribution in [0.2, 0.25) is 0 Å². The molecule has 1 aliphatic heterocycles. The number of nitrogens with zero attached hydrogens (tertiary/aromatic N) is 1. The second-order valence-corrected chi connectivity index (χ2v) is 6.14. The van der Waals surface area contributed by atoms with Crippen molar-refractivity contribution in [3.8, 4) is 0 Å². The van der Waals surface area contributed by atoms with Crippen molar-refractivity contribution in [3.63, 3.8) is 0 Å². The first-order valence-electron chi connectivity index (χ1n) is 7.82. The summed E-state index contributed by atoms with van der Waals surface area (Å²) in [5, 5.41) is 9.65. The molecule has 2 aliphatic rings. The fourth-order valence-corrected chi connectivity index (χ4v) is 4.00. The molecule has 1 aromatic rings. The molecule has 3 rings (SSSR count). The van der Waals surface area contributed by atoms with Gasteiger partial charge in [0.2, 0.25) is 0 Å². The van der Waals surface area contributed by atoms with Gasteiger partial charge in [-0.15, -0.1) is 0 Å². The van der Waals surface area contributed by atoms with Crippen molar-refractivity contribution in [2.24, 2.45) is 0 Å². The van der Waals surface area contributed by atoms with Gasteiger partial charge in [-0.1, -0.05) is 24.3 Å². The zero-order valence-corrected chi connectivity index (χ0v) is 12.5. The molecule has 0 radical (unpaired) electrons. The minimum absolute atomic E-state index is 0.132. The molecule has 1 N–H and O–H groups in total. The molecule has 1 saturated heterocycles. The van der Waals surface area contributed by atoms with Crippen molar-refractivity contribution in [3.05, 3.63) is 35.4 Å². The van der Waals surface area contributed by atoms with E-state index < -0.39 is 0 Å². The number of ether oxygens (including phenoxy) is 1. The minimum Gasteiger partial charge on any atom is -0.450 e. The number of likely N-dealkylation sites (tertiary alicyclic amines) is 1. The molecule has 1 aliphatic carbocycles. The second kappa shape index (κ2) is 5.68. The molecule has 1 aromatic carbocycles. The Labute approximate surface area is 125 Å². The number of hydrogen-bond donors (Lipinski definition) is 1. The summed E-state index contributed by atoms with van der Waals surface area (Å²) < 4.78 is 5.09. The van der Waals surface area contributed by atoms with Crippen molar-refractivity contribution >= 4 is 6.09 Å². The monoisotopic (exact) mass is 289 g/mol. The average Bonchev–Trinajstić information content (AvgIpc) is 2.83. The smallest absolute Gasteiger partial charge is 0.409 e. The highest BCUT2D eigenvalue weighted by atomic mass is 16.6. The Bertz CT molecular complexity index is 521. The Morgan fingerprint density at radius 2 is 2.10 bits per heavy atom. The number of benzene rings is 1. The summed E-state index contributed by atoms with van der Waals surface area (Å²) in [5.41, 5.74) is 2.81. The van der Waals surface area contributed by atoms with Gasteiger partial charge in [-0.2, -0.15) is 0 Å². The van der Waals surface area contributed by atoms with Gasteiger partial charge in [0.15, 0.2) is 0 Å². The lowest BCUT2D eigenvalue weighted by Crippen LogP contribution is -2.44. The molecular weight excluding hydrogens is 266 g/mol. The molecule has 0 saturated carbocycles. The number of aliphatic hydroxyl groups is 1. The van der Waals surface area contributed by atoms with Gasteiger partial charge < -0.3 is 14.7 Å². The maximum absolute atomic E-state index is 11.8. The fourth-order valence-electron chi connectivity index (χ4n) is 4.00. The summed E-state index contributed by atoms with van der Waals surface area (Å²) in [6, 6.07) is 8.47. The third kappa shape index (κ3) is 2.42. The van der Waals surface area contributed by atoms with Crippen LogP contribution in [0, 0.1) is 0 Å². The summed E-state index contributed by atoms with van der Waals surface area (Å²) in [6.45, 7) is 3.95. The number of rotatable bonds is 2. The van der Waals surface area contributed by atoms with Crippen LogP contribution in [-0.2, 0) is 10.2 Å². The van der Waals surface area contributed by atoms with E-state index in [4.69, 9.17) is 4.74 Å². The van der Waals surface area contributed by atoms with Crippen LogP contribution >= 0.6 is 0 Å². The number of aliphatic hydroxyl groups excluding tert-OH is 1. The molecule has 1 spiro atoms. The number of piperidine rings is 1. The fraction of sp³-hybridized carbons (Fsp3) is 0.588. The largest absolute Gasteiger partial charge is 0.450 e. The molecule has 4 nitrogen and oxygen atoms in total. The zero-order chi connectivity index (χ0) is 14.9. The molecule has 1 amide bonds. The summed E-state index contributed by atoms with van der Waals surface area (Å²) in [4.78, 5) is 13.6. The number of hydrogen-bond acceptors (Lipinski definition) is 3. The van der Waals surface area contributed by atoms with Crippen LogP contribution < -0.4 is 0 Å². The molecule has 0 unspecified atom stereocenters. The third-order valence-electron chi connectivity index (χ3n) is 5.08. The first kappa shape index (κ1) is 14.4. The summed E-state index contributed by atoms with van der Waals surface area (Å²) in [5.74, 6) is 0.246. The van der Waals surface area contributed by atoms with Crippen LogP contribution in [0.25, 0.3) is 0 Å². The first-order chi connectivity index (χ1) is 10.2. The highest BCUT2D eigenvalue weighted by molar-refractivity contribution is 5.67. The van der Waals surface area contributed by atoms with E-state index in [0.29, 0.717) is 6.61 Å². The summed E-state index contributed by atoms with van der Waals surface area (Å²) in [7, 11) is 0. The Hall–Kier alpha value is -1.55. The lowest BCUT2D eigenvalue weighted by Gasteiger charge is -2.39. The highest BCUT2D eigenvalue weighted by Gasteiger charge is 2.45. The number of carbonyl (C=O) groups is 1. The van der Waals surface area contributed by atoms with E-state index in [0.717, 1.165) is 32.4 Å². The molecule has 4 heteroatoms. The quantitative estimate of drug-likeness (QED) is 0.910. The van der Waals surface area contributed by atoms with Gasteiger partial charge in [-0.3, -0.25) is 0 Å². The van der Waals surface area contributed by atoms with Crippen LogP contribution in [0.4, 0.5) is 4.79 Å². The summed E-state index contributed by atoms with van der Waals surface area (Å²) >= 11 is 0. The van der Waals surface area contributed by atoms with Gasteiger partial charge in [0.05, 0.1) is 6.61 Å². The standard InChI is InChI=1S/C17H23NO3/c1-2-21-16(20)18-9-7-17(8-10-18)11-13(12-19)14-5-3-4-6-15(14)17/h3-6,13,19H,2,7-12H2,1H3/t13-/m0/s1. The second-order valence-electron chi connectivity index (χ2n) is 6.14. The molecule has 1 atom stereocenters.